The van der Waals surface area contributed by atoms with Gasteiger partial charge in [0.15, 0.2) is 5.15 Å². The van der Waals surface area contributed by atoms with Crippen LogP contribution in [0.5, 0.6) is 0 Å². The van der Waals surface area contributed by atoms with Gasteiger partial charge in [-0.3, -0.25) is 4.79 Å². The number of nitrogens with one attached hydrogen (secondary N) is 1. The molecule has 0 fully saturated rings. The number of aromatic amines is 1. The number of benzene rings is 1. The smallest absolute Gasteiger partial charge is 0.313 e. The van der Waals surface area contributed by atoms with E-state index in [0.29, 0.717) is 28.6 Å². The normalized spacial score (nSPS) is 11.2. The number of fused-ring (bicyclic) bond motifs is 3. The molecule has 2 heterocycles. The number of halogens is 2. The molecule has 5 nitrogen and oxygen atoms in total. The average Bonchev–Trinajstić information content (AvgIpc) is 2.78. The number of hydrogen-bond donors (Lipinski definition) is 1. The van der Waals surface area contributed by atoms with Crippen molar-refractivity contribution < 1.29 is 9.53 Å². The average molecular weight is 369 g/mol. The fraction of sp³-hybridized carbons (Fsp3) is 0.214. The third-order valence-electron chi connectivity index (χ3n) is 3.02. The lowest BCUT2D eigenvalue weighted by Gasteiger charge is -2.02. The summed E-state index contributed by atoms with van der Waals surface area (Å²) >= 11 is 9.62. The third-order valence-corrected chi connectivity index (χ3v) is 3.78. The Bertz CT molecular complexity index is 847. The van der Waals surface area contributed by atoms with E-state index in [2.05, 4.69) is 30.9 Å². The first-order valence-corrected chi connectivity index (χ1v) is 7.54. The molecule has 2 aromatic heterocycles. The Kier molecular flexibility index (Phi) is 3.82. The van der Waals surface area contributed by atoms with E-state index in [0.717, 1.165) is 15.4 Å². The molecule has 1 N–H and O–H groups in total. The Morgan fingerprint density at radius 3 is 3.00 bits per heavy atom. The van der Waals surface area contributed by atoms with Gasteiger partial charge < -0.3 is 9.72 Å². The predicted molar refractivity (Wildman–Crippen MR) is 84.4 cm³/mol. The number of hydrogen-bond acceptors (Lipinski definition) is 4. The van der Waals surface area contributed by atoms with Gasteiger partial charge in [-0.05, 0) is 25.1 Å². The largest absolute Gasteiger partial charge is 0.466 e. The standard InChI is InChI=1S/C14H11BrClN3O2/c1-2-21-11(20)6-10-18-12-8-5-7(15)3-4-9(8)17-13(12)14(16)19-10/h3-5,17H,2,6H2,1H3. The first-order valence-electron chi connectivity index (χ1n) is 6.37. The van der Waals surface area contributed by atoms with Crippen LogP contribution >= 0.6 is 27.5 Å². The minimum absolute atomic E-state index is 0.00414. The molecule has 7 heteroatoms. The summed E-state index contributed by atoms with van der Waals surface area (Å²) in [6.07, 6.45) is 0.00414. The van der Waals surface area contributed by atoms with Gasteiger partial charge in [0.2, 0.25) is 0 Å². The van der Waals surface area contributed by atoms with Crippen LogP contribution in [0.3, 0.4) is 0 Å². The van der Waals surface area contributed by atoms with Crippen molar-refractivity contribution in [2.45, 2.75) is 13.3 Å². The molecule has 0 aliphatic rings. The lowest BCUT2D eigenvalue weighted by molar-refractivity contribution is -0.142. The molecule has 0 atom stereocenters. The second-order valence-corrected chi connectivity index (χ2v) is 5.72. The van der Waals surface area contributed by atoms with Crippen LogP contribution in [-0.2, 0) is 16.0 Å². The van der Waals surface area contributed by atoms with Crippen molar-refractivity contribution in [1.29, 1.82) is 0 Å². The van der Waals surface area contributed by atoms with Crippen LogP contribution in [0.4, 0.5) is 0 Å². The van der Waals surface area contributed by atoms with Gasteiger partial charge in [-0.1, -0.05) is 27.5 Å². The number of H-pyrrole nitrogens is 1. The van der Waals surface area contributed by atoms with Crippen molar-refractivity contribution in [2.24, 2.45) is 0 Å². The Labute approximate surface area is 133 Å². The molecule has 0 amide bonds. The Hall–Kier alpha value is -1.66. The van der Waals surface area contributed by atoms with Crippen molar-refractivity contribution in [1.82, 2.24) is 15.0 Å². The van der Waals surface area contributed by atoms with E-state index in [1.165, 1.54) is 0 Å². The summed E-state index contributed by atoms with van der Waals surface area (Å²) in [5.41, 5.74) is 2.28. The summed E-state index contributed by atoms with van der Waals surface area (Å²) in [4.78, 5) is 23.3. The van der Waals surface area contributed by atoms with Crippen LogP contribution in [0.2, 0.25) is 5.15 Å². The minimum atomic E-state index is -0.367. The molecule has 0 aliphatic carbocycles. The maximum absolute atomic E-state index is 11.6. The lowest BCUT2D eigenvalue weighted by Crippen LogP contribution is -2.10. The first kappa shape index (κ1) is 14.3. The molecule has 21 heavy (non-hydrogen) atoms. The van der Waals surface area contributed by atoms with Crippen LogP contribution < -0.4 is 0 Å². The monoisotopic (exact) mass is 367 g/mol. The molecule has 1 aromatic carbocycles. The van der Waals surface area contributed by atoms with Gasteiger partial charge >= 0.3 is 5.97 Å². The maximum atomic E-state index is 11.6. The first-order chi connectivity index (χ1) is 10.1. The zero-order valence-electron chi connectivity index (χ0n) is 11.1. The van der Waals surface area contributed by atoms with E-state index in [1.807, 2.05) is 18.2 Å². The topological polar surface area (TPSA) is 67.9 Å². The van der Waals surface area contributed by atoms with E-state index in [-0.39, 0.29) is 12.4 Å². The summed E-state index contributed by atoms with van der Waals surface area (Å²) in [6.45, 7) is 2.08. The molecular weight excluding hydrogens is 358 g/mol. The Balaban J connectivity index is 2.14. The van der Waals surface area contributed by atoms with Crippen LogP contribution in [0.1, 0.15) is 12.7 Å². The fourth-order valence-electron chi connectivity index (χ4n) is 2.16. The number of carbonyl (C=O) groups excluding carboxylic acids is 1. The van der Waals surface area contributed by atoms with Crippen molar-refractivity contribution in [2.75, 3.05) is 6.61 Å². The van der Waals surface area contributed by atoms with E-state index in [9.17, 15) is 4.79 Å². The third kappa shape index (κ3) is 2.73. The molecule has 0 saturated heterocycles. The zero-order valence-corrected chi connectivity index (χ0v) is 13.5. The summed E-state index contributed by atoms with van der Waals surface area (Å²) in [5, 5.41) is 1.22. The molecule has 3 rings (SSSR count). The van der Waals surface area contributed by atoms with Crippen molar-refractivity contribution >= 4 is 55.4 Å². The van der Waals surface area contributed by atoms with Gasteiger partial charge in [0.25, 0.3) is 0 Å². The zero-order chi connectivity index (χ0) is 15.0. The number of esters is 1. The number of nitrogens with zero attached hydrogens (tertiary/aromatic N) is 2. The van der Waals surface area contributed by atoms with E-state index in [1.54, 1.807) is 6.92 Å². The van der Waals surface area contributed by atoms with E-state index >= 15 is 0 Å². The van der Waals surface area contributed by atoms with Crippen LogP contribution in [0.15, 0.2) is 22.7 Å². The molecule has 3 aromatic rings. The summed E-state index contributed by atoms with van der Waals surface area (Å²) in [6, 6.07) is 5.81. The second-order valence-electron chi connectivity index (χ2n) is 4.45. The van der Waals surface area contributed by atoms with Crippen molar-refractivity contribution in [3.05, 3.63) is 33.6 Å². The number of carbonyl (C=O) groups is 1. The molecule has 108 valence electrons. The van der Waals surface area contributed by atoms with Gasteiger partial charge in [-0.15, -0.1) is 0 Å². The fourth-order valence-corrected chi connectivity index (χ4v) is 2.75. The highest BCUT2D eigenvalue weighted by Gasteiger charge is 2.14. The Morgan fingerprint density at radius 2 is 2.24 bits per heavy atom. The maximum Gasteiger partial charge on any atom is 0.313 e. The molecule has 0 unspecified atom stereocenters. The predicted octanol–water partition coefficient (Wildman–Crippen LogP) is 3.63. The van der Waals surface area contributed by atoms with Gasteiger partial charge in [0, 0.05) is 15.4 Å². The van der Waals surface area contributed by atoms with E-state index < -0.39 is 0 Å². The van der Waals surface area contributed by atoms with Gasteiger partial charge in [-0.2, -0.15) is 0 Å². The van der Waals surface area contributed by atoms with Crippen LogP contribution in [0, 0.1) is 0 Å². The minimum Gasteiger partial charge on any atom is -0.466 e. The molecule has 0 spiro atoms. The van der Waals surface area contributed by atoms with Crippen LogP contribution in [-0.4, -0.2) is 27.5 Å². The number of aromatic nitrogens is 3. The Morgan fingerprint density at radius 1 is 1.43 bits per heavy atom. The lowest BCUT2D eigenvalue weighted by atomic mass is 10.2. The van der Waals surface area contributed by atoms with Crippen molar-refractivity contribution in [3.63, 3.8) is 0 Å². The quantitative estimate of drug-likeness (QED) is 0.566. The molecule has 0 bridgehead atoms. The molecule has 0 aliphatic heterocycles. The summed E-state index contributed by atoms with van der Waals surface area (Å²) in [5.74, 6) is -0.0132. The highest BCUT2D eigenvalue weighted by Crippen LogP contribution is 2.29. The number of ether oxygens (including phenoxy) is 1. The molecular formula is C14H11BrClN3O2. The summed E-state index contributed by atoms with van der Waals surface area (Å²) < 4.78 is 5.85. The highest BCUT2D eigenvalue weighted by molar-refractivity contribution is 9.10. The van der Waals surface area contributed by atoms with Gasteiger partial charge in [0.1, 0.15) is 23.3 Å². The van der Waals surface area contributed by atoms with Crippen molar-refractivity contribution in [3.8, 4) is 0 Å². The second kappa shape index (κ2) is 5.61. The van der Waals surface area contributed by atoms with E-state index in [4.69, 9.17) is 16.3 Å². The highest BCUT2D eigenvalue weighted by atomic mass is 79.9. The van der Waals surface area contributed by atoms with Gasteiger partial charge in [0.05, 0.1) is 6.61 Å². The molecule has 0 radical (unpaired) electrons. The van der Waals surface area contributed by atoms with Crippen LogP contribution in [0.25, 0.3) is 21.9 Å². The summed E-state index contributed by atoms with van der Waals surface area (Å²) in [7, 11) is 0. The molecule has 0 saturated carbocycles. The number of rotatable bonds is 3. The SMILES string of the molecule is CCOC(=O)Cc1nc(Cl)c2[nH]c3ccc(Br)cc3c2n1. The van der Waals surface area contributed by atoms with Gasteiger partial charge in [-0.25, -0.2) is 9.97 Å².